The van der Waals surface area contributed by atoms with Gasteiger partial charge in [0.1, 0.15) is 19.3 Å². The number of phosphoric ester groups is 2. The topological polar surface area (TPSA) is 237 Å². The van der Waals surface area contributed by atoms with Gasteiger partial charge in [0.25, 0.3) is 0 Å². The number of unbranched alkanes of at least 4 members (excludes halogenated alkanes) is 39. The van der Waals surface area contributed by atoms with Crippen LogP contribution in [0.3, 0.4) is 0 Å². The minimum atomic E-state index is -4.96. The standard InChI is InChI=1S/C73H142O17P2/c1-8-9-10-11-12-23-33-40-47-54-70(75)83-60-68(90-73(78)57-50-43-36-29-22-26-32-39-46-53-66(6)7)62-87-91(79,80)85-58-67(74)59-86-92(81,82)88-63-69(61-84-71(76)55-48-41-34-27-20-17-16-19-25-31-38-45-52-65(4)5)89-72(77)56-49-42-35-28-21-15-13-14-18-24-30-37-44-51-64(2)3/h64-69,74H,8-63H2,1-7H3,(H,79,80)(H,81,82)/t67-,68+,69+/m0/s1. The van der Waals surface area contributed by atoms with Crippen molar-refractivity contribution in [2.45, 2.75) is 388 Å². The molecule has 0 aromatic carbocycles. The number of aliphatic hydroxyl groups excluding tert-OH is 1. The van der Waals surface area contributed by atoms with Crippen LogP contribution in [0.4, 0.5) is 0 Å². The van der Waals surface area contributed by atoms with Gasteiger partial charge in [-0.1, -0.05) is 318 Å². The van der Waals surface area contributed by atoms with Gasteiger partial charge < -0.3 is 33.8 Å². The van der Waals surface area contributed by atoms with Crippen LogP contribution in [-0.4, -0.2) is 96.7 Å². The highest BCUT2D eigenvalue weighted by atomic mass is 31.2. The smallest absolute Gasteiger partial charge is 0.462 e. The largest absolute Gasteiger partial charge is 0.472 e. The number of esters is 4. The van der Waals surface area contributed by atoms with Crippen LogP contribution in [0, 0.1) is 17.8 Å². The van der Waals surface area contributed by atoms with Crippen molar-refractivity contribution in [3.05, 3.63) is 0 Å². The molecule has 0 amide bonds. The van der Waals surface area contributed by atoms with Crippen LogP contribution < -0.4 is 0 Å². The summed E-state index contributed by atoms with van der Waals surface area (Å²) < 4.78 is 68.4. The zero-order valence-corrected chi connectivity index (χ0v) is 61.8. The van der Waals surface area contributed by atoms with E-state index in [0.29, 0.717) is 25.7 Å². The molecule has 546 valence electrons. The Morgan fingerprint density at radius 2 is 0.500 bits per heavy atom. The van der Waals surface area contributed by atoms with Gasteiger partial charge in [0.2, 0.25) is 0 Å². The van der Waals surface area contributed by atoms with E-state index in [-0.39, 0.29) is 25.7 Å². The van der Waals surface area contributed by atoms with Gasteiger partial charge in [-0.25, -0.2) is 9.13 Å². The summed E-state index contributed by atoms with van der Waals surface area (Å²) in [4.78, 5) is 72.6. The predicted octanol–water partition coefficient (Wildman–Crippen LogP) is 21.0. The molecule has 0 fully saturated rings. The van der Waals surface area contributed by atoms with Gasteiger partial charge in [0.15, 0.2) is 12.2 Å². The second-order valence-corrected chi connectivity index (χ2v) is 30.7. The van der Waals surface area contributed by atoms with Crippen LogP contribution in [0.5, 0.6) is 0 Å². The Morgan fingerprint density at radius 3 is 0.739 bits per heavy atom. The van der Waals surface area contributed by atoms with Crippen LogP contribution in [0.15, 0.2) is 0 Å². The van der Waals surface area contributed by atoms with E-state index in [0.717, 1.165) is 108 Å². The van der Waals surface area contributed by atoms with E-state index in [2.05, 4.69) is 48.5 Å². The summed E-state index contributed by atoms with van der Waals surface area (Å²) >= 11 is 0. The van der Waals surface area contributed by atoms with E-state index in [9.17, 15) is 43.2 Å². The fraction of sp³-hybridized carbons (Fsp3) is 0.945. The predicted molar refractivity (Wildman–Crippen MR) is 372 cm³/mol. The quantitative estimate of drug-likeness (QED) is 0.0222. The lowest BCUT2D eigenvalue weighted by molar-refractivity contribution is -0.161. The molecule has 19 heteroatoms. The Bertz CT molecular complexity index is 1800. The van der Waals surface area contributed by atoms with E-state index in [1.165, 1.54) is 180 Å². The van der Waals surface area contributed by atoms with Crippen molar-refractivity contribution >= 4 is 39.5 Å². The van der Waals surface area contributed by atoms with Crippen LogP contribution in [0.1, 0.15) is 370 Å². The minimum Gasteiger partial charge on any atom is -0.462 e. The number of hydrogen-bond donors (Lipinski definition) is 3. The van der Waals surface area contributed by atoms with E-state index >= 15 is 0 Å². The zero-order chi connectivity index (χ0) is 68.0. The summed E-state index contributed by atoms with van der Waals surface area (Å²) in [7, 11) is -9.90. The maximum atomic E-state index is 13.1. The monoisotopic (exact) mass is 1350 g/mol. The fourth-order valence-electron chi connectivity index (χ4n) is 11.1. The van der Waals surface area contributed by atoms with Gasteiger partial charge in [-0.2, -0.15) is 0 Å². The highest BCUT2D eigenvalue weighted by molar-refractivity contribution is 7.47. The molecule has 0 spiro atoms. The summed E-state index contributed by atoms with van der Waals surface area (Å²) in [6.07, 6.45) is 48.5. The number of rotatable bonds is 71. The summed E-state index contributed by atoms with van der Waals surface area (Å²) in [6.45, 7) is 11.9. The van der Waals surface area contributed by atoms with Gasteiger partial charge in [-0.05, 0) is 43.4 Å². The van der Waals surface area contributed by atoms with Crippen molar-refractivity contribution in [1.82, 2.24) is 0 Å². The number of carbonyl (C=O) groups excluding carboxylic acids is 4. The molecule has 0 aliphatic heterocycles. The van der Waals surface area contributed by atoms with Crippen LogP contribution in [-0.2, 0) is 65.4 Å². The Kier molecular flexibility index (Phi) is 62.4. The fourth-order valence-corrected chi connectivity index (χ4v) is 12.7. The van der Waals surface area contributed by atoms with Crippen molar-refractivity contribution in [3.8, 4) is 0 Å². The first-order chi connectivity index (χ1) is 44.2. The van der Waals surface area contributed by atoms with Crippen LogP contribution in [0.25, 0.3) is 0 Å². The average Bonchev–Trinajstić information content (AvgIpc) is 2.93. The lowest BCUT2D eigenvalue weighted by Crippen LogP contribution is -2.30. The Hall–Kier alpha value is -1.94. The van der Waals surface area contributed by atoms with Crippen molar-refractivity contribution in [2.75, 3.05) is 39.6 Å². The first-order valence-electron chi connectivity index (χ1n) is 37.8. The second kappa shape index (κ2) is 63.8. The summed E-state index contributed by atoms with van der Waals surface area (Å²) in [5, 5.41) is 10.6. The molecule has 92 heavy (non-hydrogen) atoms. The van der Waals surface area contributed by atoms with Gasteiger partial charge >= 0.3 is 39.5 Å². The first kappa shape index (κ1) is 90.1. The van der Waals surface area contributed by atoms with Gasteiger partial charge in [0, 0.05) is 25.7 Å². The highest BCUT2D eigenvalue weighted by Crippen LogP contribution is 2.45. The molecule has 0 heterocycles. The molecule has 5 atom stereocenters. The molecule has 0 aliphatic rings. The van der Waals surface area contributed by atoms with Crippen molar-refractivity contribution in [1.29, 1.82) is 0 Å². The molecule has 3 N–H and O–H groups in total. The number of ether oxygens (including phenoxy) is 4. The Morgan fingerprint density at radius 1 is 0.293 bits per heavy atom. The lowest BCUT2D eigenvalue weighted by atomic mass is 10.0. The molecule has 2 unspecified atom stereocenters. The molecule has 0 rings (SSSR count). The maximum Gasteiger partial charge on any atom is 0.472 e. The average molecular weight is 1350 g/mol. The van der Waals surface area contributed by atoms with E-state index in [4.69, 9.17) is 37.0 Å². The van der Waals surface area contributed by atoms with Crippen LogP contribution in [0.2, 0.25) is 0 Å². The summed E-state index contributed by atoms with van der Waals surface area (Å²) in [6, 6.07) is 0. The number of carbonyl (C=O) groups is 4. The van der Waals surface area contributed by atoms with Crippen molar-refractivity contribution < 1.29 is 80.2 Å². The third-order valence-corrected chi connectivity index (χ3v) is 18.8. The molecule has 17 nitrogen and oxygen atoms in total. The SMILES string of the molecule is CCCCCCCCCCCC(=O)OC[C@H](COP(=O)(O)OC[C@H](O)COP(=O)(O)OC[C@@H](COC(=O)CCCCCCCCCCCCCCC(C)C)OC(=O)CCCCCCCCCCCCCCCC(C)C)OC(=O)CCCCCCCCCCCC(C)C. The van der Waals surface area contributed by atoms with E-state index < -0.39 is 97.5 Å². The highest BCUT2D eigenvalue weighted by Gasteiger charge is 2.30. The lowest BCUT2D eigenvalue weighted by Gasteiger charge is -2.21. The zero-order valence-electron chi connectivity index (χ0n) is 60.0. The van der Waals surface area contributed by atoms with Crippen molar-refractivity contribution in [2.24, 2.45) is 17.8 Å². The Labute approximate surface area is 562 Å². The first-order valence-corrected chi connectivity index (χ1v) is 40.8. The summed E-state index contributed by atoms with van der Waals surface area (Å²) in [5.74, 6) is 0.182. The second-order valence-electron chi connectivity index (χ2n) is 27.8. The normalized spacial score (nSPS) is 14.1. The minimum absolute atomic E-state index is 0.105. The van der Waals surface area contributed by atoms with Crippen molar-refractivity contribution in [3.63, 3.8) is 0 Å². The molecule has 0 aliphatic carbocycles. The van der Waals surface area contributed by atoms with Gasteiger partial charge in [-0.3, -0.25) is 37.3 Å². The third-order valence-electron chi connectivity index (χ3n) is 16.9. The Balaban J connectivity index is 5.24. The van der Waals surface area contributed by atoms with E-state index in [1.807, 2.05) is 0 Å². The molecule has 0 aromatic heterocycles. The summed E-state index contributed by atoms with van der Waals surface area (Å²) in [5.41, 5.74) is 0. The molecule has 0 saturated heterocycles. The number of phosphoric acid groups is 2. The molecule has 0 saturated carbocycles. The molecule has 0 bridgehead atoms. The van der Waals surface area contributed by atoms with Gasteiger partial charge in [-0.15, -0.1) is 0 Å². The molecule has 0 aromatic rings. The van der Waals surface area contributed by atoms with E-state index in [1.54, 1.807) is 0 Å². The molecular weight excluding hydrogens is 1210 g/mol. The molecule has 0 radical (unpaired) electrons. The number of hydrogen-bond acceptors (Lipinski definition) is 15. The molecular formula is C73H142O17P2. The third kappa shape index (κ3) is 66.7. The maximum absolute atomic E-state index is 13.1. The van der Waals surface area contributed by atoms with Gasteiger partial charge in [0.05, 0.1) is 26.4 Å². The van der Waals surface area contributed by atoms with Crippen LogP contribution >= 0.6 is 15.6 Å². The number of aliphatic hydroxyl groups is 1.